The van der Waals surface area contributed by atoms with Gasteiger partial charge >= 0.3 is 6.36 Å². The van der Waals surface area contributed by atoms with Gasteiger partial charge in [-0.2, -0.15) is 0 Å². The van der Waals surface area contributed by atoms with Gasteiger partial charge in [-0.15, -0.1) is 13.2 Å². The van der Waals surface area contributed by atoms with E-state index in [1.54, 1.807) is 12.1 Å². The predicted molar refractivity (Wildman–Crippen MR) is 104 cm³/mol. The molecule has 0 atom stereocenters. The molecule has 0 saturated heterocycles. The molecule has 2 amide bonds. The Balaban J connectivity index is 1.44. The van der Waals surface area contributed by atoms with Crippen molar-refractivity contribution in [2.75, 3.05) is 5.32 Å². The van der Waals surface area contributed by atoms with Gasteiger partial charge in [0.1, 0.15) is 5.75 Å². The van der Waals surface area contributed by atoms with E-state index in [1.807, 2.05) is 30.3 Å². The van der Waals surface area contributed by atoms with Crippen LogP contribution in [0.15, 0.2) is 66.7 Å². The van der Waals surface area contributed by atoms with Gasteiger partial charge in [0, 0.05) is 23.4 Å². The Labute approximate surface area is 169 Å². The van der Waals surface area contributed by atoms with Gasteiger partial charge in [-0.05, 0) is 59.2 Å². The fourth-order valence-electron chi connectivity index (χ4n) is 3.15. The second-order valence-electron chi connectivity index (χ2n) is 6.66. The highest BCUT2D eigenvalue weighted by Crippen LogP contribution is 2.27. The molecule has 3 aromatic rings. The Hall–Kier alpha value is -3.81. The lowest BCUT2D eigenvalue weighted by Gasteiger charge is -2.10. The Bertz CT molecular complexity index is 1110. The van der Waals surface area contributed by atoms with Crippen molar-refractivity contribution >= 4 is 17.5 Å². The quantitative estimate of drug-likeness (QED) is 0.650. The molecule has 0 aromatic heterocycles. The lowest BCUT2D eigenvalue weighted by Crippen LogP contribution is -2.17. The van der Waals surface area contributed by atoms with E-state index in [4.69, 9.17) is 0 Å². The summed E-state index contributed by atoms with van der Waals surface area (Å²) in [4.78, 5) is 24.1. The number of rotatable bonds is 4. The minimum atomic E-state index is -4.78. The molecule has 0 radical (unpaired) electrons. The van der Waals surface area contributed by atoms with Gasteiger partial charge < -0.3 is 15.4 Å². The van der Waals surface area contributed by atoms with Gasteiger partial charge in [-0.25, -0.2) is 0 Å². The molecule has 152 valence electrons. The van der Waals surface area contributed by atoms with Crippen LogP contribution in [0, 0.1) is 0 Å². The maximum atomic E-state index is 12.3. The van der Waals surface area contributed by atoms with Crippen molar-refractivity contribution in [3.05, 3.63) is 83.4 Å². The number of nitrogens with one attached hydrogen (secondary N) is 2. The van der Waals surface area contributed by atoms with Crippen LogP contribution in [0.5, 0.6) is 5.75 Å². The first kappa shape index (κ1) is 19.5. The van der Waals surface area contributed by atoms with Crippen LogP contribution >= 0.6 is 0 Å². The molecule has 0 bridgehead atoms. The van der Waals surface area contributed by atoms with Gasteiger partial charge in [-0.1, -0.05) is 24.3 Å². The predicted octanol–water partition coefficient (Wildman–Crippen LogP) is 4.75. The Morgan fingerprint density at radius 1 is 0.933 bits per heavy atom. The average molecular weight is 412 g/mol. The zero-order chi connectivity index (χ0) is 21.3. The van der Waals surface area contributed by atoms with Crippen LogP contribution in [-0.2, 0) is 6.54 Å². The van der Waals surface area contributed by atoms with Crippen molar-refractivity contribution in [1.82, 2.24) is 5.32 Å². The van der Waals surface area contributed by atoms with E-state index in [-0.39, 0.29) is 11.5 Å². The van der Waals surface area contributed by atoms with Crippen molar-refractivity contribution in [2.24, 2.45) is 0 Å². The first-order chi connectivity index (χ1) is 14.3. The van der Waals surface area contributed by atoms with Crippen molar-refractivity contribution in [1.29, 1.82) is 0 Å². The molecular formula is C22H15F3N2O3. The van der Waals surface area contributed by atoms with Gasteiger partial charge in [-0.3, -0.25) is 9.59 Å². The van der Waals surface area contributed by atoms with Crippen LogP contribution in [0.4, 0.5) is 18.9 Å². The average Bonchev–Trinajstić information content (AvgIpc) is 3.08. The summed E-state index contributed by atoms with van der Waals surface area (Å²) < 4.78 is 40.4. The fourth-order valence-corrected chi connectivity index (χ4v) is 3.15. The van der Waals surface area contributed by atoms with Crippen molar-refractivity contribution < 1.29 is 27.5 Å². The number of carbonyl (C=O) groups is 2. The number of amides is 2. The van der Waals surface area contributed by atoms with E-state index in [9.17, 15) is 22.8 Å². The van der Waals surface area contributed by atoms with Gasteiger partial charge in [0.25, 0.3) is 11.8 Å². The zero-order valence-corrected chi connectivity index (χ0v) is 15.4. The van der Waals surface area contributed by atoms with Crippen LogP contribution in [0.1, 0.15) is 26.3 Å². The van der Waals surface area contributed by atoms with E-state index in [2.05, 4.69) is 15.4 Å². The summed E-state index contributed by atoms with van der Waals surface area (Å²) in [6.07, 6.45) is -4.78. The third kappa shape index (κ3) is 4.27. The number of benzene rings is 3. The van der Waals surface area contributed by atoms with Gasteiger partial charge in [0.15, 0.2) is 0 Å². The minimum Gasteiger partial charge on any atom is -0.406 e. The fraction of sp³-hybridized carbons (Fsp3) is 0.0909. The minimum absolute atomic E-state index is 0.0950. The molecule has 0 saturated carbocycles. The van der Waals surface area contributed by atoms with E-state index in [1.165, 1.54) is 12.1 Å². The van der Waals surface area contributed by atoms with Gasteiger partial charge in [0.05, 0.1) is 0 Å². The number of alkyl halides is 3. The molecule has 4 rings (SSSR count). The molecule has 0 fully saturated rings. The smallest absolute Gasteiger partial charge is 0.406 e. The first-order valence-electron chi connectivity index (χ1n) is 8.97. The molecule has 1 heterocycles. The highest BCUT2D eigenvalue weighted by Gasteiger charge is 2.31. The molecule has 3 aromatic carbocycles. The zero-order valence-electron chi connectivity index (χ0n) is 15.4. The number of fused-ring (bicyclic) bond motifs is 1. The topological polar surface area (TPSA) is 67.4 Å². The Morgan fingerprint density at radius 2 is 1.60 bits per heavy atom. The van der Waals surface area contributed by atoms with Gasteiger partial charge in [0.2, 0.25) is 0 Å². The molecule has 0 spiro atoms. The number of hydrogen-bond acceptors (Lipinski definition) is 3. The molecule has 1 aliphatic heterocycles. The molecular weight excluding hydrogens is 397 g/mol. The van der Waals surface area contributed by atoms with E-state index < -0.39 is 18.0 Å². The monoisotopic (exact) mass is 412 g/mol. The summed E-state index contributed by atoms with van der Waals surface area (Å²) >= 11 is 0. The van der Waals surface area contributed by atoms with E-state index in [0.717, 1.165) is 28.8 Å². The lowest BCUT2D eigenvalue weighted by molar-refractivity contribution is -0.274. The number of carbonyl (C=O) groups excluding carboxylic acids is 2. The maximum absolute atomic E-state index is 12.3. The summed E-state index contributed by atoms with van der Waals surface area (Å²) in [5.41, 5.74) is 4.09. The summed E-state index contributed by atoms with van der Waals surface area (Å²) in [6.45, 7) is 0.530. The standard InChI is InChI=1S/C22H15F3N2O3/c23-22(24,25)30-18-9-5-14(6-10-18)20(28)27-17-7-3-13(4-8-17)15-1-2-16-12-26-21(29)19(16)11-15/h1-11H,12H2,(H,26,29)(H,27,28). The van der Waals surface area contributed by atoms with Crippen LogP contribution in [0.3, 0.4) is 0 Å². The van der Waals surface area contributed by atoms with Crippen molar-refractivity contribution in [2.45, 2.75) is 12.9 Å². The Kier molecular flexibility index (Phi) is 4.91. The molecule has 0 aliphatic carbocycles. The summed E-state index contributed by atoms with van der Waals surface area (Å²) in [6, 6.07) is 17.4. The van der Waals surface area contributed by atoms with Crippen LogP contribution < -0.4 is 15.4 Å². The molecule has 0 unspecified atom stereocenters. The third-order valence-corrected chi connectivity index (χ3v) is 4.62. The normalized spacial score (nSPS) is 12.8. The van der Waals surface area contributed by atoms with Crippen molar-refractivity contribution in [3.63, 3.8) is 0 Å². The lowest BCUT2D eigenvalue weighted by atomic mass is 10.00. The maximum Gasteiger partial charge on any atom is 0.573 e. The first-order valence-corrected chi connectivity index (χ1v) is 8.97. The molecule has 8 heteroatoms. The summed E-state index contributed by atoms with van der Waals surface area (Å²) in [5.74, 6) is -0.954. The number of hydrogen-bond donors (Lipinski definition) is 2. The SMILES string of the molecule is O=C(Nc1ccc(-c2ccc3c(c2)C(=O)NC3)cc1)c1ccc(OC(F)(F)F)cc1. The highest BCUT2D eigenvalue weighted by molar-refractivity contribution is 6.04. The number of ether oxygens (including phenoxy) is 1. The van der Waals surface area contributed by atoms with Crippen LogP contribution in [0.2, 0.25) is 0 Å². The third-order valence-electron chi connectivity index (χ3n) is 4.62. The van der Waals surface area contributed by atoms with E-state index in [0.29, 0.717) is 17.8 Å². The second-order valence-corrected chi connectivity index (χ2v) is 6.66. The Morgan fingerprint density at radius 3 is 2.27 bits per heavy atom. The number of anilines is 1. The molecule has 2 N–H and O–H groups in total. The van der Waals surface area contributed by atoms with E-state index >= 15 is 0 Å². The molecule has 30 heavy (non-hydrogen) atoms. The molecule has 1 aliphatic rings. The molecule has 5 nitrogen and oxygen atoms in total. The van der Waals surface area contributed by atoms with Crippen LogP contribution in [0.25, 0.3) is 11.1 Å². The highest BCUT2D eigenvalue weighted by atomic mass is 19.4. The van der Waals surface area contributed by atoms with Crippen LogP contribution in [-0.4, -0.2) is 18.2 Å². The number of halogens is 3. The summed E-state index contributed by atoms with van der Waals surface area (Å²) in [5, 5.41) is 5.46. The largest absolute Gasteiger partial charge is 0.573 e. The summed E-state index contributed by atoms with van der Waals surface area (Å²) in [7, 11) is 0. The second kappa shape index (κ2) is 7.55. The van der Waals surface area contributed by atoms with Crippen molar-refractivity contribution in [3.8, 4) is 16.9 Å².